The summed E-state index contributed by atoms with van der Waals surface area (Å²) in [5.41, 5.74) is 0.304. The number of carbonyl (C=O) groups excluding carboxylic acids is 1. The Labute approximate surface area is 215 Å². The summed E-state index contributed by atoms with van der Waals surface area (Å²) in [6.07, 6.45) is -7.91. The van der Waals surface area contributed by atoms with Gasteiger partial charge >= 0.3 is 17.3 Å². The fraction of sp³-hybridized carbons (Fsp3) is 0.360. The van der Waals surface area contributed by atoms with E-state index in [9.17, 15) is 35.4 Å². The first-order chi connectivity index (χ1) is 18.1. The first-order valence-electron chi connectivity index (χ1n) is 11.3. The number of phenols is 2. The number of benzene rings is 2. The lowest BCUT2D eigenvalue weighted by Gasteiger charge is -2.39. The van der Waals surface area contributed by atoms with Crippen LogP contribution in [0.1, 0.15) is 6.92 Å². The number of phenolic OH excluding ortho intramolecular Hbond substituents is 2. The first-order valence-corrected chi connectivity index (χ1v) is 11.3. The Hall–Kier alpha value is -3.88. The highest BCUT2D eigenvalue weighted by Crippen LogP contribution is 2.45. The first kappa shape index (κ1) is 27.2. The molecule has 1 fully saturated rings. The van der Waals surface area contributed by atoms with Crippen LogP contribution in [0.15, 0.2) is 34.7 Å². The Morgan fingerprint density at radius 2 is 1.58 bits per heavy atom. The second kappa shape index (κ2) is 10.8. The van der Waals surface area contributed by atoms with Crippen molar-refractivity contribution >= 4 is 16.9 Å². The van der Waals surface area contributed by atoms with E-state index >= 15 is 0 Å². The van der Waals surface area contributed by atoms with Gasteiger partial charge in [-0.1, -0.05) is 0 Å². The summed E-state index contributed by atoms with van der Waals surface area (Å²) in [6.45, 7) is 0.490. The van der Waals surface area contributed by atoms with Gasteiger partial charge in [0.2, 0.25) is 17.8 Å². The SMILES string of the molecule is COc1cc(-c2[o+]c3cc(O)cc(OC(C)=O)c3cc2O[C@@H]2O[C@H](CO)[C@@H](O)[C@H](O)[C@H]2O)cc(OC)c1O. The number of carbonyl (C=O) groups is 1. The van der Waals surface area contributed by atoms with Crippen molar-refractivity contribution in [1.29, 1.82) is 0 Å². The molecule has 1 aliphatic heterocycles. The normalized spacial score (nSPS) is 23.2. The maximum absolute atomic E-state index is 11.7. The summed E-state index contributed by atoms with van der Waals surface area (Å²) in [4.78, 5) is 11.7. The molecule has 0 saturated carbocycles. The number of aliphatic hydroxyl groups is 4. The fourth-order valence-electron chi connectivity index (χ4n) is 4.01. The molecular formula is C25H27O13+. The van der Waals surface area contributed by atoms with E-state index in [1.165, 1.54) is 51.5 Å². The van der Waals surface area contributed by atoms with Crippen LogP contribution in [0.2, 0.25) is 0 Å². The molecule has 4 rings (SSSR count). The van der Waals surface area contributed by atoms with Crippen LogP contribution < -0.4 is 18.9 Å². The minimum absolute atomic E-state index is 0.0185. The van der Waals surface area contributed by atoms with Crippen LogP contribution in [0.25, 0.3) is 22.3 Å². The van der Waals surface area contributed by atoms with Crippen LogP contribution in [0.3, 0.4) is 0 Å². The van der Waals surface area contributed by atoms with Crippen molar-refractivity contribution < 1.29 is 63.5 Å². The zero-order valence-electron chi connectivity index (χ0n) is 20.5. The third-order valence-electron chi connectivity index (χ3n) is 5.89. The van der Waals surface area contributed by atoms with Gasteiger partial charge in [-0.3, -0.25) is 4.79 Å². The Kier molecular flexibility index (Phi) is 7.76. The van der Waals surface area contributed by atoms with E-state index in [1.807, 2.05) is 0 Å². The molecule has 0 aliphatic carbocycles. The number of ether oxygens (including phenoxy) is 5. The second-order valence-electron chi connectivity index (χ2n) is 8.43. The summed E-state index contributed by atoms with van der Waals surface area (Å²) in [7, 11) is 2.65. The molecule has 38 heavy (non-hydrogen) atoms. The van der Waals surface area contributed by atoms with Crippen LogP contribution in [-0.2, 0) is 9.53 Å². The number of fused-ring (bicyclic) bond motifs is 1. The van der Waals surface area contributed by atoms with E-state index < -0.39 is 43.3 Å². The lowest BCUT2D eigenvalue weighted by molar-refractivity contribution is -0.277. The number of methoxy groups -OCH3 is 2. The average Bonchev–Trinajstić information content (AvgIpc) is 2.88. The van der Waals surface area contributed by atoms with Gasteiger partial charge in [0, 0.05) is 31.2 Å². The third kappa shape index (κ3) is 5.10. The van der Waals surface area contributed by atoms with Crippen molar-refractivity contribution in [3.05, 3.63) is 30.3 Å². The zero-order chi connectivity index (χ0) is 27.7. The average molecular weight is 535 g/mol. The zero-order valence-corrected chi connectivity index (χ0v) is 20.5. The van der Waals surface area contributed by atoms with Gasteiger partial charge in [-0.15, -0.1) is 0 Å². The summed E-state index contributed by atoms with van der Waals surface area (Å²) in [5.74, 6) is -1.42. The van der Waals surface area contributed by atoms with E-state index in [4.69, 9.17) is 28.1 Å². The van der Waals surface area contributed by atoms with Crippen molar-refractivity contribution in [3.63, 3.8) is 0 Å². The van der Waals surface area contributed by atoms with Crippen LogP contribution in [-0.4, -0.2) is 88.1 Å². The molecule has 0 radical (unpaired) electrons. The van der Waals surface area contributed by atoms with Gasteiger partial charge in [-0.05, 0) is 0 Å². The molecular weight excluding hydrogens is 508 g/mol. The lowest BCUT2D eigenvalue weighted by atomic mass is 9.99. The van der Waals surface area contributed by atoms with E-state index in [-0.39, 0.29) is 56.8 Å². The van der Waals surface area contributed by atoms with Crippen molar-refractivity contribution in [1.82, 2.24) is 0 Å². The molecule has 13 nitrogen and oxygen atoms in total. The number of aromatic hydroxyl groups is 2. The molecule has 13 heteroatoms. The Morgan fingerprint density at radius 1 is 0.921 bits per heavy atom. The smallest absolute Gasteiger partial charge is 0.402 e. The van der Waals surface area contributed by atoms with Crippen LogP contribution >= 0.6 is 0 Å². The van der Waals surface area contributed by atoms with Crippen molar-refractivity contribution in [3.8, 4) is 45.8 Å². The lowest BCUT2D eigenvalue weighted by Crippen LogP contribution is -2.60. The molecule has 0 bridgehead atoms. The van der Waals surface area contributed by atoms with Gasteiger partial charge in [0.1, 0.15) is 35.6 Å². The fourth-order valence-corrected chi connectivity index (χ4v) is 4.01. The highest BCUT2D eigenvalue weighted by Gasteiger charge is 2.45. The number of hydrogen-bond acceptors (Lipinski definition) is 12. The number of rotatable bonds is 7. The molecule has 2 heterocycles. The van der Waals surface area contributed by atoms with Gasteiger partial charge in [0.05, 0.1) is 32.5 Å². The van der Waals surface area contributed by atoms with Crippen LogP contribution in [0.5, 0.6) is 34.5 Å². The monoisotopic (exact) mass is 535 g/mol. The Bertz CT molecular complexity index is 1310. The topological polar surface area (TPSA) is 196 Å². The number of aliphatic hydroxyl groups excluding tert-OH is 4. The molecule has 3 aromatic rings. The number of esters is 1. The van der Waals surface area contributed by atoms with E-state index in [2.05, 4.69) is 0 Å². The molecule has 0 amide bonds. The Morgan fingerprint density at radius 3 is 2.16 bits per heavy atom. The predicted octanol–water partition coefficient (Wildman–Crippen LogP) is 0.913. The molecule has 2 aromatic carbocycles. The van der Waals surface area contributed by atoms with Crippen molar-refractivity contribution in [2.75, 3.05) is 20.8 Å². The summed E-state index contributed by atoms with van der Waals surface area (Å²) in [6, 6.07) is 6.62. The number of hydrogen-bond donors (Lipinski definition) is 6. The molecule has 1 aromatic heterocycles. The van der Waals surface area contributed by atoms with Gasteiger partial charge in [-0.25, -0.2) is 4.42 Å². The molecule has 0 unspecified atom stereocenters. The van der Waals surface area contributed by atoms with Crippen LogP contribution in [0, 0.1) is 0 Å². The van der Waals surface area contributed by atoms with Crippen molar-refractivity contribution in [2.24, 2.45) is 0 Å². The predicted molar refractivity (Wildman–Crippen MR) is 128 cm³/mol. The van der Waals surface area contributed by atoms with E-state index in [1.54, 1.807) is 0 Å². The van der Waals surface area contributed by atoms with Gasteiger partial charge in [-0.2, -0.15) is 0 Å². The quantitative estimate of drug-likeness (QED) is 0.142. The maximum Gasteiger partial charge on any atom is 0.402 e. The minimum Gasteiger partial charge on any atom is -0.507 e. The molecule has 1 saturated heterocycles. The van der Waals surface area contributed by atoms with E-state index in [0.717, 1.165) is 0 Å². The minimum atomic E-state index is -1.74. The van der Waals surface area contributed by atoms with E-state index in [0.29, 0.717) is 0 Å². The third-order valence-corrected chi connectivity index (χ3v) is 5.89. The molecule has 204 valence electrons. The van der Waals surface area contributed by atoms with Gasteiger partial charge in [0.25, 0.3) is 0 Å². The molecule has 0 spiro atoms. The molecule has 6 N–H and O–H groups in total. The standard InChI is InChI=1S/C25H26O13/c1-10(27)35-14-6-12(28)7-15-13(14)8-18(37-25-23(32)22(31)21(30)19(9-26)38-25)24(36-15)11-4-16(33-2)20(29)17(5-11)34-3/h4-8,19,21-23,25-26,30-32H,9H2,1-3H3,(H-,28,29)/p+1/t19-,21-,22+,23-,25-/m1/s1. The highest BCUT2D eigenvalue weighted by molar-refractivity contribution is 5.91. The van der Waals surface area contributed by atoms with Gasteiger partial charge in [0.15, 0.2) is 17.2 Å². The Balaban J connectivity index is 1.93. The molecule has 1 aliphatic rings. The molecule has 5 atom stereocenters. The van der Waals surface area contributed by atoms with Gasteiger partial charge < -0.3 is 54.3 Å². The highest BCUT2D eigenvalue weighted by atomic mass is 16.7. The largest absolute Gasteiger partial charge is 0.507 e. The second-order valence-corrected chi connectivity index (χ2v) is 8.43. The summed E-state index contributed by atoms with van der Waals surface area (Å²) < 4.78 is 33.0. The summed E-state index contributed by atoms with van der Waals surface area (Å²) in [5, 5.41) is 61.1. The van der Waals surface area contributed by atoms with Crippen LogP contribution in [0.4, 0.5) is 0 Å². The maximum atomic E-state index is 11.7. The van der Waals surface area contributed by atoms with Crippen molar-refractivity contribution in [2.45, 2.75) is 37.6 Å². The summed E-state index contributed by atoms with van der Waals surface area (Å²) >= 11 is 0.